The van der Waals surface area contributed by atoms with E-state index in [0.29, 0.717) is 16.2 Å². The van der Waals surface area contributed by atoms with Crippen LogP contribution in [0.25, 0.3) is 0 Å². The Morgan fingerprint density at radius 3 is 2.56 bits per heavy atom. The molecule has 0 aromatic heterocycles. The van der Waals surface area contributed by atoms with Gasteiger partial charge < -0.3 is 25.2 Å². The largest absolute Gasteiger partial charge is 0.486 e. The van der Waals surface area contributed by atoms with Crippen molar-refractivity contribution in [2.45, 2.75) is 50.6 Å². The van der Waals surface area contributed by atoms with Crippen molar-refractivity contribution in [1.29, 1.82) is 0 Å². The van der Waals surface area contributed by atoms with E-state index in [1.54, 1.807) is 38.1 Å². The van der Waals surface area contributed by atoms with Gasteiger partial charge in [-0.25, -0.2) is 0 Å². The number of rotatable bonds is 7. The van der Waals surface area contributed by atoms with Gasteiger partial charge in [0, 0.05) is 24.1 Å². The van der Waals surface area contributed by atoms with E-state index in [2.05, 4.69) is 5.32 Å². The Hall–Kier alpha value is -2.59. The van der Waals surface area contributed by atoms with Gasteiger partial charge in [-0.1, -0.05) is 32.0 Å². The lowest BCUT2D eigenvalue weighted by Gasteiger charge is -2.41. The number of benzene rings is 1. The van der Waals surface area contributed by atoms with E-state index in [-0.39, 0.29) is 31.1 Å². The fourth-order valence-corrected chi connectivity index (χ4v) is 4.21. The first-order chi connectivity index (χ1) is 15.0. The maximum Gasteiger partial charge on any atom is 0.406 e. The number of carbonyl (C=O) groups is 2. The molecule has 2 aliphatic rings. The molecule has 32 heavy (non-hydrogen) atoms. The molecule has 1 aromatic rings. The van der Waals surface area contributed by atoms with Crippen LogP contribution in [0.1, 0.15) is 31.7 Å². The number of amides is 2. The molecule has 1 aliphatic heterocycles. The van der Waals surface area contributed by atoms with Crippen LogP contribution >= 0.6 is 0 Å². The van der Waals surface area contributed by atoms with Crippen LogP contribution in [-0.4, -0.2) is 71.0 Å². The molecule has 10 heteroatoms. The van der Waals surface area contributed by atoms with Crippen LogP contribution in [0.2, 0.25) is 0 Å². The predicted molar refractivity (Wildman–Crippen MR) is 109 cm³/mol. The molecule has 0 spiro atoms. The molecule has 1 aliphatic carbocycles. The Morgan fingerprint density at radius 2 is 1.94 bits per heavy atom. The lowest BCUT2D eigenvalue weighted by molar-refractivity contribution is -0.170. The monoisotopic (exact) mass is 456 g/mol. The van der Waals surface area contributed by atoms with Crippen LogP contribution in [0.4, 0.5) is 13.2 Å². The fraction of sp³-hybridized carbons (Fsp3) is 0.545. The summed E-state index contributed by atoms with van der Waals surface area (Å²) in [6.07, 6.45) is -6.14. The summed E-state index contributed by atoms with van der Waals surface area (Å²) in [5.74, 6) is -1.88. The van der Waals surface area contributed by atoms with E-state index >= 15 is 0 Å². The van der Waals surface area contributed by atoms with Gasteiger partial charge in [-0.15, -0.1) is 0 Å². The minimum Gasteiger partial charge on any atom is -0.486 e. The first kappa shape index (κ1) is 24.1. The van der Waals surface area contributed by atoms with Crippen LogP contribution < -0.4 is 10.1 Å². The Labute approximate surface area is 183 Å². The van der Waals surface area contributed by atoms with Crippen LogP contribution in [-0.2, 0) is 9.59 Å². The maximum atomic E-state index is 13.4. The Balaban J connectivity index is 2.05. The van der Waals surface area contributed by atoms with Crippen molar-refractivity contribution in [2.75, 3.05) is 19.7 Å². The molecule has 2 amide bonds. The minimum absolute atomic E-state index is 0.0537. The van der Waals surface area contributed by atoms with Crippen molar-refractivity contribution in [1.82, 2.24) is 10.2 Å². The number of halogens is 3. The highest BCUT2D eigenvalue weighted by atomic mass is 19.4. The number of para-hydroxylation sites is 1. The lowest BCUT2D eigenvalue weighted by Crippen LogP contribution is -2.57. The van der Waals surface area contributed by atoms with E-state index in [9.17, 15) is 27.9 Å². The van der Waals surface area contributed by atoms with Gasteiger partial charge in [0.25, 0.3) is 0 Å². The van der Waals surface area contributed by atoms with Crippen molar-refractivity contribution in [2.24, 2.45) is 5.92 Å². The molecule has 7 nitrogen and oxygen atoms in total. The molecule has 3 rings (SSSR count). The van der Waals surface area contributed by atoms with Crippen LogP contribution in [0.15, 0.2) is 35.9 Å². The highest BCUT2D eigenvalue weighted by Crippen LogP contribution is 2.47. The number of carbonyl (C=O) groups excluding carboxylic acids is 2. The van der Waals surface area contributed by atoms with Crippen molar-refractivity contribution in [3.05, 3.63) is 41.5 Å². The van der Waals surface area contributed by atoms with Crippen LogP contribution in [0.5, 0.6) is 5.75 Å². The third-order valence-corrected chi connectivity index (χ3v) is 5.49. The predicted octanol–water partition coefficient (Wildman–Crippen LogP) is 1.75. The van der Waals surface area contributed by atoms with Gasteiger partial charge in [-0.05, 0) is 18.1 Å². The van der Waals surface area contributed by atoms with Crippen molar-refractivity contribution in [3.8, 4) is 5.75 Å². The average molecular weight is 456 g/mol. The highest BCUT2D eigenvalue weighted by Gasteiger charge is 2.51. The van der Waals surface area contributed by atoms with Gasteiger partial charge in [-0.3, -0.25) is 9.59 Å². The molecule has 1 aromatic carbocycles. The third kappa shape index (κ3) is 5.07. The van der Waals surface area contributed by atoms with E-state index in [1.165, 1.54) is 6.08 Å². The summed E-state index contributed by atoms with van der Waals surface area (Å²) >= 11 is 0. The second-order valence-electron chi connectivity index (χ2n) is 8.42. The number of fused-ring (bicyclic) bond motifs is 3. The average Bonchev–Trinajstić information content (AvgIpc) is 3.10. The zero-order valence-electron chi connectivity index (χ0n) is 17.8. The van der Waals surface area contributed by atoms with Gasteiger partial charge in [-0.2, -0.15) is 13.2 Å². The number of aliphatic hydroxyl groups is 2. The number of ether oxygens (including phenoxy) is 1. The van der Waals surface area contributed by atoms with Crippen molar-refractivity contribution >= 4 is 11.8 Å². The lowest BCUT2D eigenvalue weighted by atomic mass is 9.77. The zero-order chi connectivity index (χ0) is 23.6. The standard InChI is InChI=1S/C22H27F3N2O5/c1-12(2)9-17(29)27(11-22(23,24)25)15-10-14(21(31)26-7-8-28)18-13-5-3-4-6-16(13)32-20(18)19(15)30/h3-6,10,12,15,18-20,28,30H,7-9,11H2,1-2H3,(H,26,31). The number of nitrogens with one attached hydrogen (secondary N) is 1. The molecule has 1 heterocycles. The van der Waals surface area contributed by atoms with Gasteiger partial charge in [0.05, 0.1) is 18.6 Å². The van der Waals surface area contributed by atoms with E-state index in [1.807, 2.05) is 0 Å². The highest BCUT2D eigenvalue weighted by molar-refractivity contribution is 5.96. The van der Waals surface area contributed by atoms with E-state index in [0.717, 1.165) is 0 Å². The summed E-state index contributed by atoms with van der Waals surface area (Å²) < 4.78 is 45.9. The molecule has 0 bridgehead atoms. The van der Waals surface area contributed by atoms with Crippen LogP contribution in [0.3, 0.4) is 0 Å². The maximum absolute atomic E-state index is 13.4. The molecule has 0 saturated carbocycles. The molecule has 0 saturated heterocycles. The molecule has 176 valence electrons. The molecule has 4 atom stereocenters. The number of alkyl halides is 3. The van der Waals surface area contributed by atoms with Gasteiger partial charge in [0.15, 0.2) is 0 Å². The van der Waals surface area contributed by atoms with E-state index < -0.39 is 48.7 Å². The Kier molecular flexibility index (Phi) is 7.14. The second kappa shape index (κ2) is 9.50. The molecule has 3 N–H and O–H groups in total. The summed E-state index contributed by atoms with van der Waals surface area (Å²) in [6, 6.07) is 5.40. The van der Waals surface area contributed by atoms with Crippen LogP contribution in [0, 0.1) is 5.92 Å². The molecular weight excluding hydrogens is 429 g/mol. The minimum atomic E-state index is -4.70. The molecule has 0 radical (unpaired) electrons. The number of hydrogen-bond acceptors (Lipinski definition) is 5. The van der Waals surface area contributed by atoms with Crippen molar-refractivity contribution < 1.29 is 37.7 Å². The summed E-state index contributed by atoms with van der Waals surface area (Å²) in [7, 11) is 0. The molecule has 4 unspecified atom stereocenters. The topological polar surface area (TPSA) is 99.1 Å². The smallest absolute Gasteiger partial charge is 0.406 e. The second-order valence-corrected chi connectivity index (χ2v) is 8.42. The number of hydrogen-bond donors (Lipinski definition) is 3. The van der Waals surface area contributed by atoms with Gasteiger partial charge >= 0.3 is 6.18 Å². The van der Waals surface area contributed by atoms with E-state index in [4.69, 9.17) is 9.84 Å². The third-order valence-electron chi connectivity index (χ3n) is 5.49. The fourth-order valence-electron chi connectivity index (χ4n) is 4.21. The molecular formula is C22H27F3N2O5. The van der Waals surface area contributed by atoms with Gasteiger partial charge in [0.2, 0.25) is 11.8 Å². The number of aliphatic hydroxyl groups excluding tert-OH is 2. The normalized spacial score (nSPS) is 24.3. The summed E-state index contributed by atoms with van der Waals surface area (Å²) in [5, 5.41) is 22.6. The SMILES string of the molecule is CC(C)CC(=O)N(CC(F)(F)F)C1C=C(C(=O)NCCO)C2c3ccccc3OC2C1O. The summed E-state index contributed by atoms with van der Waals surface area (Å²) in [4.78, 5) is 26.2. The number of nitrogens with zero attached hydrogens (tertiary/aromatic N) is 1. The molecule has 0 fully saturated rings. The summed E-state index contributed by atoms with van der Waals surface area (Å²) in [6.45, 7) is 1.47. The summed E-state index contributed by atoms with van der Waals surface area (Å²) in [5.41, 5.74) is 0.712. The Bertz CT molecular complexity index is 887. The zero-order valence-corrected chi connectivity index (χ0v) is 17.8. The van der Waals surface area contributed by atoms with Crippen molar-refractivity contribution in [3.63, 3.8) is 0 Å². The van der Waals surface area contributed by atoms with Gasteiger partial charge in [0.1, 0.15) is 24.5 Å². The first-order valence-electron chi connectivity index (χ1n) is 10.4. The first-order valence-corrected chi connectivity index (χ1v) is 10.4. The Morgan fingerprint density at radius 1 is 1.25 bits per heavy atom. The quantitative estimate of drug-likeness (QED) is 0.581.